The molecule has 1 heterocycles. The zero-order valence-corrected chi connectivity index (χ0v) is 13.0. The molecule has 1 aromatic carbocycles. The maximum atomic E-state index is 11.8. The summed E-state index contributed by atoms with van der Waals surface area (Å²) in [5.74, 6) is -0.310. The molecule has 24 heavy (non-hydrogen) atoms. The van der Waals surface area contributed by atoms with E-state index in [1.165, 1.54) is 12.4 Å². The number of nitrogens with zero attached hydrogens (tertiary/aromatic N) is 2. The number of benzene rings is 1. The van der Waals surface area contributed by atoms with Crippen molar-refractivity contribution in [1.29, 1.82) is 0 Å². The third-order valence-electron chi connectivity index (χ3n) is 2.76. The smallest absolute Gasteiger partial charge is 0.292 e. The summed E-state index contributed by atoms with van der Waals surface area (Å²) in [6.07, 6.45) is 2.68. The van der Waals surface area contributed by atoms with E-state index in [0.717, 1.165) is 0 Å². The zero-order chi connectivity index (χ0) is 17.4. The molecule has 0 spiro atoms. The van der Waals surface area contributed by atoms with E-state index in [0.29, 0.717) is 18.1 Å². The van der Waals surface area contributed by atoms with Crippen LogP contribution in [0.25, 0.3) is 0 Å². The quantitative estimate of drug-likeness (QED) is 0.649. The Bertz CT molecular complexity index is 723. The molecule has 0 radical (unpaired) electrons. The fourth-order valence-corrected chi connectivity index (χ4v) is 1.73. The average Bonchev–Trinajstić information content (AvgIpc) is 2.59. The van der Waals surface area contributed by atoms with Crippen LogP contribution in [0.5, 0.6) is 11.5 Å². The molecule has 0 atom stereocenters. The first-order valence-electron chi connectivity index (χ1n) is 7.12. The van der Waals surface area contributed by atoms with Crippen molar-refractivity contribution in [3.8, 4) is 11.5 Å². The molecule has 0 aliphatic heterocycles. The van der Waals surface area contributed by atoms with Gasteiger partial charge in [0.15, 0.2) is 29.6 Å². The molecule has 9 heteroatoms. The summed E-state index contributed by atoms with van der Waals surface area (Å²) < 4.78 is 10.8. The predicted octanol–water partition coefficient (Wildman–Crippen LogP) is 0.297. The van der Waals surface area contributed by atoms with Crippen molar-refractivity contribution in [2.45, 2.75) is 6.92 Å². The maximum Gasteiger partial charge on any atom is 0.292 e. The molecule has 0 unspecified atom stereocenters. The number of anilines is 1. The van der Waals surface area contributed by atoms with Crippen LogP contribution in [0.2, 0.25) is 0 Å². The second kappa shape index (κ2) is 8.32. The van der Waals surface area contributed by atoms with E-state index in [2.05, 4.69) is 20.8 Å². The predicted molar refractivity (Wildman–Crippen MR) is 85.2 cm³/mol. The Morgan fingerprint density at radius 2 is 1.75 bits per heavy atom. The number of carbonyl (C=O) groups is 2. The number of ether oxygens (including phenoxy) is 2. The van der Waals surface area contributed by atoms with E-state index in [1.54, 1.807) is 24.3 Å². The largest absolute Gasteiger partial charge is 0.490 e. The van der Waals surface area contributed by atoms with Gasteiger partial charge >= 0.3 is 0 Å². The zero-order valence-electron chi connectivity index (χ0n) is 13.0. The van der Waals surface area contributed by atoms with Crippen LogP contribution < -0.4 is 26.1 Å². The highest BCUT2D eigenvalue weighted by atomic mass is 16.5. The van der Waals surface area contributed by atoms with Crippen LogP contribution in [0.3, 0.4) is 0 Å². The number of nitrogen functional groups attached to an aromatic ring is 1. The fraction of sp³-hybridized carbons (Fsp3) is 0.200. The van der Waals surface area contributed by atoms with Gasteiger partial charge in [0.2, 0.25) is 0 Å². The van der Waals surface area contributed by atoms with E-state index in [9.17, 15) is 9.59 Å². The van der Waals surface area contributed by atoms with Crippen LogP contribution in [-0.4, -0.2) is 35.0 Å². The molecular formula is C15H17N5O4. The highest BCUT2D eigenvalue weighted by Crippen LogP contribution is 2.26. The molecule has 9 nitrogen and oxygen atoms in total. The van der Waals surface area contributed by atoms with Crippen LogP contribution in [0.15, 0.2) is 36.7 Å². The number of amides is 2. The molecule has 0 saturated carbocycles. The molecule has 0 fully saturated rings. The van der Waals surface area contributed by atoms with Crippen LogP contribution >= 0.6 is 0 Å². The lowest BCUT2D eigenvalue weighted by molar-refractivity contribution is -0.123. The minimum absolute atomic E-state index is 0.0360. The number of aromatic nitrogens is 2. The standard InChI is InChI=1S/C15H17N5O4/c1-2-23-10-5-3-4-6-11(10)24-9-12(21)19-20-15(22)13-14(16)18-8-7-17-13/h3-8H,2,9H2,1H3,(H2,16,18)(H,19,21)(H,20,22). The molecule has 126 valence electrons. The van der Waals surface area contributed by atoms with Gasteiger partial charge in [-0.3, -0.25) is 20.4 Å². The first-order valence-corrected chi connectivity index (χ1v) is 7.12. The van der Waals surface area contributed by atoms with Gasteiger partial charge < -0.3 is 15.2 Å². The summed E-state index contributed by atoms with van der Waals surface area (Å²) >= 11 is 0. The van der Waals surface area contributed by atoms with Gasteiger partial charge in [-0.1, -0.05) is 12.1 Å². The SMILES string of the molecule is CCOc1ccccc1OCC(=O)NNC(=O)c1nccnc1N. The second-order valence-electron chi connectivity index (χ2n) is 4.46. The molecular weight excluding hydrogens is 314 g/mol. The minimum Gasteiger partial charge on any atom is -0.490 e. The Morgan fingerprint density at radius 1 is 1.08 bits per heavy atom. The Balaban J connectivity index is 1.84. The number of hydrogen-bond acceptors (Lipinski definition) is 7. The number of nitrogens with two attached hydrogens (primary N) is 1. The summed E-state index contributed by atoms with van der Waals surface area (Å²) in [6.45, 7) is 2.01. The maximum absolute atomic E-state index is 11.8. The molecule has 4 N–H and O–H groups in total. The lowest BCUT2D eigenvalue weighted by atomic mass is 10.3. The number of para-hydroxylation sites is 2. The van der Waals surface area contributed by atoms with Gasteiger partial charge in [-0.15, -0.1) is 0 Å². The van der Waals surface area contributed by atoms with Crippen molar-refractivity contribution in [3.05, 3.63) is 42.4 Å². The summed E-state index contributed by atoms with van der Waals surface area (Å²) in [4.78, 5) is 31.1. The van der Waals surface area contributed by atoms with Crippen molar-refractivity contribution < 1.29 is 19.1 Å². The molecule has 1 aromatic heterocycles. The lowest BCUT2D eigenvalue weighted by Gasteiger charge is -2.12. The first-order chi connectivity index (χ1) is 11.6. The van der Waals surface area contributed by atoms with Gasteiger partial charge in [-0.05, 0) is 19.1 Å². The number of rotatable bonds is 6. The Hall–Kier alpha value is -3.36. The van der Waals surface area contributed by atoms with Gasteiger partial charge in [0, 0.05) is 12.4 Å². The minimum atomic E-state index is -0.677. The Morgan fingerprint density at radius 3 is 2.42 bits per heavy atom. The number of hydrazine groups is 1. The fourth-order valence-electron chi connectivity index (χ4n) is 1.73. The van der Waals surface area contributed by atoms with E-state index in [-0.39, 0.29) is 18.1 Å². The van der Waals surface area contributed by atoms with Gasteiger partial charge in [0.25, 0.3) is 11.8 Å². The number of hydrogen-bond donors (Lipinski definition) is 3. The third-order valence-corrected chi connectivity index (χ3v) is 2.76. The molecule has 0 aliphatic carbocycles. The van der Waals surface area contributed by atoms with Gasteiger partial charge in [-0.25, -0.2) is 9.97 Å². The Kier molecular flexibility index (Phi) is 5.89. The Labute approximate surface area is 138 Å². The van der Waals surface area contributed by atoms with E-state index in [1.807, 2.05) is 6.92 Å². The van der Waals surface area contributed by atoms with Gasteiger partial charge in [-0.2, -0.15) is 0 Å². The third kappa shape index (κ3) is 4.57. The molecule has 2 aromatic rings. The van der Waals surface area contributed by atoms with Crippen LogP contribution in [0.1, 0.15) is 17.4 Å². The van der Waals surface area contributed by atoms with Gasteiger partial charge in [0.1, 0.15) is 0 Å². The van der Waals surface area contributed by atoms with Gasteiger partial charge in [0.05, 0.1) is 6.61 Å². The summed E-state index contributed by atoms with van der Waals surface area (Å²) in [5.41, 5.74) is 9.82. The molecule has 0 saturated heterocycles. The average molecular weight is 331 g/mol. The topological polar surface area (TPSA) is 128 Å². The molecule has 2 amide bonds. The van der Waals surface area contributed by atoms with Crippen molar-refractivity contribution in [3.63, 3.8) is 0 Å². The summed E-state index contributed by atoms with van der Waals surface area (Å²) in [5, 5.41) is 0. The van der Waals surface area contributed by atoms with E-state index < -0.39 is 11.8 Å². The normalized spacial score (nSPS) is 9.88. The highest BCUT2D eigenvalue weighted by molar-refractivity contribution is 5.97. The van der Waals surface area contributed by atoms with Crippen molar-refractivity contribution >= 4 is 17.6 Å². The molecule has 0 aliphatic rings. The first kappa shape index (κ1) is 17.0. The number of nitrogens with one attached hydrogen (secondary N) is 2. The highest BCUT2D eigenvalue weighted by Gasteiger charge is 2.13. The summed E-state index contributed by atoms with van der Waals surface area (Å²) in [7, 11) is 0. The second-order valence-corrected chi connectivity index (χ2v) is 4.46. The van der Waals surface area contributed by atoms with Crippen LogP contribution in [0, 0.1) is 0 Å². The molecule has 2 rings (SSSR count). The van der Waals surface area contributed by atoms with Crippen molar-refractivity contribution in [2.75, 3.05) is 18.9 Å². The number of carbonyl (C=O) groups excluding carboxylic acids is 2. The van der Waals surface area contributed by atoms with E-state index in [4.69, 9.17) is 15.2 Å². The van der Waals surface area contributed by atoms with Crippen molar-refractivity contribution in [2.24, 2.45) is 0 Å². The van der Waals surface area contributed by atoms with Crippen LogP contribution in [-0.2, 0) is 4.79 Å². The summed E-state index contributed by atoms with van der Waals surface area (Å²) in [6, 6.07) is 6.96. The van der Waals surface area contributed by atoms with E-state index >= 15 is 0 Å². The molecule has 0 bridgehead atoms. The van der Waals surface area contributed by atoms with Crippen LogP contribution in [0.4, 0.5) is 5.82 Å². The lowest BCUT2D eigenvalue weighted by Crippen LogP contribution is -2.44. The van der Waals surface area contributed by atoms with Crippen molar-refractivity contribution in [1.82, 2.24) is 20.8 Å². The monoisotopic (exact) mass is 331 g/mol.